The number of carbonyl (C=O) groups excluding carboxylic acids is 1. The number of esters is 1. The molecular weight excluding hydrogens is 337 g/mol. The molecular formula is C19H24NO4P. The summed E-state index contributed by atoms with van der Waals surface area (Å²) in [6, 6.07) is 19.2. The molecule has 3 unspecified atom stereocenters. The average Bonchev–Trinajstić information content (AvgIpc) is 2.62. The van der Waals surface area contributed by atoms with Crippen molar-refractivity contribution in [2.24, 2.45) is 11.7 Å². The van der Waals surface area contributed by atoms with Gasteiger partial charge in [-0.25, -0.2) is 0 Å². The lowest BCUT2D eigenvalue weighted by molar-refractivity contribution is -0.144. The number of rotatable bonds is 9. The summed E-state index contributed by atoms with van der Waals surface area (Å²) in [6.07, 6.45) is 0.387. The van der Waals surface area contributed by atoms with Crippen molar-refractivity contribution in [2.75, 3.05) is 13.3 Å². The average molecular weight is 361 g/mol. The molecule has 0 bridgehead atoms. The van der Waals surface area contributed by atoms with Gasteiger partial charge in [0.1, 0.15) is 6.23 Å². The van der Waals surface area contributed by atoms with E-state index in [0.717, 1.165) is 11.1 Å². The maximum Gasteiger partial charge on any atom is 0.309 e. The molecule has 0 aliphatic carbocycles. The third kappa shape index (κ3) is 6.83. The Morgan fingerprint density at radius 2 is 1.52 bits per heavy atom. The molecule has 0 saturated heterocycles. The Hall–Kier alpha value is -1.94. The van der Waals surface area contributed by atoms with E-state index in [0.29, 0.717) is 12.8 Å². The van der Waals surface area contributed by atoms with Crippen LogP contribution in [0.25, 0.3) is 0 Å². The van der Waals surface area contributed by atoms with E-state index in [1.54, 1.807) is 0 Å². The van der Waals surface area contributed by atoms with Crippen LogP contribution in [0.5, 0.6) is 0 Å². The fourth-order valence-electron chi connectivity index (χ4n) is 2.61. The first-order valence-electron chi connectivity index (χ1n) is 8.19. The molecule has 0 aliphatic heterocycles. The Balaban J connectivity index is 1.91. The fourth-order valence-corrected chi connectivity index (χ4v) is 3.84. The second-order valence-electron chi connectivity index (χ2n) is 5.83. The zero-order valence-electron chi connectivity index (χ0n) is 14.3. The van der Waals surface area contributed by atoms with Crippen LogP contribution in [0.15, 0.2) is 60.7 Å². The minimum atomic E-state index is -2.46. The van der Waals surface area contributed by atoms with Crippen LogP contribution in [-0.2, 0) is 31.5 Å². The summed E-state index contributed by atoms with van der Waals surface area (Å²) in [5.74, 6) is -0.898. The molecule has 2 aromatic carbocycles. The van der Waals surface area contributed by atoms with Crippen molar-refractivity contribution in [3.05, 3.63) is 71.8 Å². The third-order valence-corrected chi connectivity index (χ3v) is 5.23. The Morgan fingerprint density at radius 1 is 1.00 bits per heavy atom. The first kappa shape index (κ1) is 19.4. The molecule has 0 aliphatic rings. The summed E-state index contributed by atoms with van der Waals surface area (Å²) in [6.45, 7) is 0. The van der Waals surface area contributed by atoms with Crippen molar-refractivity contribution in [3.63, 3.8) is 0 Å². The summed E-state index contributed by atoms with van der Waals surface area (Å²) in [4.78, 5) is 12.0. The summed E-state index contributed by atoms with van der Waals surface area (Å²) in [5, 5.41) is 0. The SMILES string of the molecule is COC(=O)C(Cc1ccccc1)C[PH](=O)OC(N)Cc1ccccc1. The van der Waals surface area contributed by atoms with E-state index in [2.05, 4.69) is 0 Å². The van der Waals surface area contributed by atoms with Gasteiger partial charge in [0.05, 0.1) is 13.0 Å². The van der Waals surface area contributed by atoms with Crippen LogP contribution >= 0.6 is 8.03 Å². The fraction of sp³-hybridized carbons (Fsp3) is 0.316. The van der Waals surface area contributed by atoms with E-state index >= 15 is 0 Å². The van der Waals surface area contributed by atoms with Gasteiger partial charge in [-0.2, -0.15) is 0 Å². The van der Waals surface area contributed by atoms with Gasteiger partial charge in [0.25, 0.3) is 0 Å². The number of nitrogens with two attached hydrogens (primary N) is 1. The summed E-state index contributed by atoms with van der Waals surface area (Å²) >= 11 is 0. The standard InChI is InChI=1S/C19H24NO4P/c1-23-19(21)17(12-15-8-4-2-5-9-15)14-25(22)24-18(20)13-16-10-6-3-7-11-16/h2-11,17-18,25H,12-14,20H2,1H3. The van der Waals surface area contributed by atoms with Crippen LogP contribution in [0.4, 0.5) is 0 Å². The Kier molecular flexibility index (Phi) is 7.86. The summed E-state index contributed by atoms with van der Waals surface area (Å²) in [5.41, 5.74) is 7.93. The first-order valence-corrected chi connectivity index (χ1v) is 9.71. The van der Waals surface area contributed by atoms with Crippen molar-refractivity contribution < 1.29 is 18.6 Å². The molecule has 2 aromatic rings. The van der Waals surface area contributed by atoms with Gasteiger partial charge in [-0.1, -0.05) is 60.7 Å². The molecule has 0 radical (unpaired) electrons. The van der Waals surface area contributed by atoms with E-state index in [4.69, 9.17) is 15.0 Å². The van der Waals surface area contributed by atoms with Crippen LogP contribution in [0, 0.1) is 5.92 Å². The van der Waals surface area contributed by atoms with Crippen LogP contribution in [0.3, 0.4) is 0 Å². The predicted molar refractivity (Wildman–Crippen MR) is 98.7 cm³/mol. The number of ether oxygens (including phenoxy) is 1. The van der Waals surface area contributed by atoms with Crippen LogP contribution < -0.4 is 5.73 Å². The maximum absolute atomic E-state index is 12.3. The molecule has 2 N–H and O–H groups in total. The molecule has 5 nitrogen and oxygen atoms in total. The minimum absolute atomic E-state index is 0.120. The van der Waals surface area contributed by atoms with Crippen LogP contribution in [0.1, 0.15) is 11.1 Å². The van der Waals surface area contributed by atoms with E-state index in [1.165, 1.54) is 7.11 Å². The lowest BCUT2D eigenvalue weighted by Gasteiger charge is -2.17. The normalized spacial score (nSPS) is 14.5. The highest BCUT2D eigenvalue weighted by Crippen LogP contribution is 2.29. The molecule has 0 aromatic heterocycles. The van der Waals surface area contributed by atoms with E-state index in [-0.39, 0.29) is 12.1 Å². The zero-order chi connectivity index (χ0) is 18.1. The Morgan fingerprint density at radius 3 is 2.04 bits per heavy atom. The molecule has 25 heavy (non-hydrogen) atoms. The summed E-state index contributed by atoms with van der Waals surface area (Å²) in [7, 11) is -1.12. The monoisotopic (exact) mass is 361 g/mol. The molecule has 0 fully saturated rings. The molecule has 3 atom stereocenters. The molecule has 6 heteroatoms. The van der Waals surface area contributed by atoms with E-state index < -0.39 is 20.2 Å². The third-order valence-electron chi connectivity index (χ3n) is 3.84. The number of carbonyl (C=O) groups is 1. The number of hydrogen-bond acceptors (Lipinski definition) is 5. The van der Waals surface area contributed by atoms with E-state index in [1.807, 2.05) is 60.7 Å². The van der Waals surface area contributed by atoms with Gasteiger partial charge in [-0.05, 0) is 17.5 Å². The maximum atomic E-state index is 12.3. The number of benzene rings is 2. The van der Waals surface area contributed by atoms with Gasteiger partial charge in [0, 0.05) is 12.6 Å². The first-order chi connectivity index (χ1) is 12.1. The smallest absolute Gasteiger partial charge is 0.309 e. The molecule has 0 heterocycles. The van der Waals surface area contributed by atoms with Gasteiger partial charge in [-0.3, -0.25) is 9.36 Å². The molecule has 0 saturated carbocycles. The van der Waals surface area contributed by atoms with Gasteiger partial charge in [-0.15, -0.1) is 0 Å². The highest BCUT2D eigenvalue weighted by molar-refractivity contribution is 7.39. The number of methoxy groups -OCH3 is 1. The van der Waals surface area contributed by atoms with Crippen LogP contribution in [-0.4, -0.2) is 25.5 Å². The van der Waals surface area contributed by atoms with Crippen molar-refractivity contribution in [3.8, 4) is 0 Å². The van der Waals surface area contributed by atoms with Gasteiger partial charge in [0.15, 0.2) is 8.03 Å². The lowest BCUT2D eigenvalue weighted by atomic mass is 10.0. The molecule has 0 amide bonds. The second-order valence-corrected chi connectivity index (χ2v) is 7.22. The largest absolute Gasteiger partial charge is 0.469 e. The van der Waals surface area contributed by atoms with Crippen molar-refractivity contribution >= 4 is 14.0 Å². The molecule has 2 rings (SSSR count). The second kappa shape index (κ2) is 10.1. The summed E-state index contributed by atoms with van der Waals surface area (Å²) < 4.78 is 22.6. The van der Waals surface area contributed by atoms with Crippen molar-refractivity contribution in [2.45, 2.75) is 19.1 Å². The number of hydrogen-bond donors (Lipinski definition) is 1. The van der Waals surface area contributed by atoms with Gasteiger partial charge >= 0.3 is 5.97 Å². The van der Waals surface area contributed by atoms with E-state index in [9.17, 15) is 9.36 Å². The Bertz CT molecular complexity index is 678. The highest BCUT2D eigenvalue weighted by atomic mass is 31.1. The van der Waals surface area contributed by atoms with Gasteiger partial charge < -0.3 is 15.0 Å². The van der Waals surface area contributed by atoms with Gasteiger partial charge in [0.2, 0.25) is 0 Å². The predicted octanol–water partition coefficient (Wildman–Crippen LogP) is 3.04. The quantitative estimate of drug-likeness (QED) is 0.422. The van der Waals surface area contributed by atoms with Crippen molar-refractivity contribution in [1.29, 1.82) is 0 Å². The van der Waals surface area contributed by atoms with Crippen LogP contribution in [0.2, 0.25) is 0 Å². The zero-order valence-corrected chi connectivity index (χ0v) is 15.3. The molecule has 0 spiro atoms. The Labute approximate surface area is 149 Å². The lowest BCUT2D eigenvalue weighted by Crippen LogP contribution is -2.26. The highest BCUT2D eigenvalue weighted by Gasteiger charge is 2.23. The topological polar surface area (TPSA) is 78.6 Å². The van der Waals surface area contributed by atoms with Crippen molar-refractivity contribution in [1.82, 2.24) is 0 Å². The molecule has 134 valence electrons. The minimum Gasteiger partial charge on any atom is -0.469 e.